The van der Waals surface area contributed by atoms with E-state index in [4.69, 9.17) is 4.74 Å². The monoisotopic (exact) mass is 578 g/mol. The number of allylic oxidation sites excluding steroid dienone is 1. The largest absolute Gasteiger partial charge is 0.481 e. The Morgan fingerprint density at radius 2 is 1.49 bits per heavy atom. The van der Waals surface area contributed by atoms with Crippen molar-refractivity contribution in [2.75, 3.05) is 19.6 Å². The van der Waals surface area contributed by atoms with Gasteiger partial charge in [0, 0.05) is 36.6 Å². The van der Waals surface area contributed by atoms with E-state index >= 15 is 0 Å². The Hall–Kier alpha value is -4.16. The molecule has 1 aliphatic heterocycles. The van der Waals surface area contributed by atoms with Gasteiger partial charge in [-0.3, -0.25) is 9.59 Å². The fourth-order valence-electron chi connectivity index (χ4n) is 5.73. The zero-order valence-corrected chi connectivity index (χ0v) is 25.5. The van der Waals surface area contributed by atoms with Crippen molar-refractivity contribution in [1.82, 2.24) is 9.47 Å². The van der Waals surface area contributed by atoms with E-state index in [0.717, 1.165) is 46.3 Å². The smallest absolute Gasteiger partial charge is 0.316 e. The number of hydrogen-bond donors (Lipinski definition) is 1. The summed E-state index contributed by atoms with van der Waals surface area (Å²) >= 11 is 0. The average Bonchev–Trinajstić information content (AvgIpc) is 3.41. The molecule has 6 nitrogen and oxygen atoms in total. The van der Waals surface area contributed by atoms with Crippen LogP contribution in [0.3, 0.4) is 0 Å². The molecule has 0 atom stereocenters. The molecule has 3 aromatic carbocycles. The van der Waals surface area contributed by atoms with Crippen molar-refractivity contribution >= 4 is 34.0 Å². The Morgan fingerprint density at radius 3 is 2.16 bits per heavy atom. The Labute approximate surface area is 254 Å². The molecule has 0 saturated carbocycles. The summed E-state index contributed by atoms with van der Waals surface area (Å²) in [6.07, 6.45) is 6.48. The molecule has 1 fully saturated rings. The normalized spacial score (nSPS) is 14.9. The van der Waals surface area contributed by atoms with E-state index < -0.39 is 11.4 Å². The maximum atomic E-state index is 12.5. The summed E-state index contributed by atoms with van der Waals surface area (Å²) in [6.45, 7) is 9.86. The van der Waals surface area contributed by atoms with Crippen LogP contribution in [0.25, 0.3) is 22.0 Å². The maximum absolute atomic E-state index is 12.5. The van der Waals surface area contributed by atoms with Crippen molar-refractivity contribution in [2.45, 2.75) is 59.4 Å². The number of aliphatic carboxylic acids is 1. The second kappa shape index (κ2) is 13.4. The van der Waals surface area contributed by atoms with Gasteiger partial charge in [-0.2, -0.15) is 0 Å². The summed E-state index contributed by atoms with van der Waals surface area (Å²) in [5.74, 6) is -0.646. The first-order valence-corrected chi connectivity index (χ1v) is 15.3. The topological polar surface area (TPSA) is 71.8 Å². The number of benzene rings is 3. The van der Waals surface area contributed by atoms with Crippen LogP contribution in [0.5, 0.6) is 5.75 Å². The fourth-order valence-corrected chi connectivity index (χ4v) is 5.73. The first kappa shape index (κ1) is 30.3. The summed E-state index contributed by atoms with van der Waals surface area (Å²) in [4.78, 5) is 26.8. The summed E-state index contributed by atoms with van der Waals surface area (Å²) in [6, 6.07) is 26.2. The van der Waals surface area contributed by atoms with Crippen molar-refractivity contribution in [3.63, 3.8) is 0 Å². The van der Waals surface area contributed by atoms with Crippen LogP contribution < -0.4 is 4.74 Å². The lowest BCUT2D eigenvalue weighted by Crippen LogP contribution is -2.32. The Balaban J connectivity index is 1.55. The zero-order chi connectivity index (χ0) is 30.4. The Bertz CT molecular complexity index is 1590. The van der Waals surface area contributed by atoms with Crippen LogP contribution in [-0.2, 0) is 16.1 Å². The quantitative estimate of drug-likeness (QED) is 0.118. The minimum absolute atomic E-state index is 0.0180. The van der Waals surface area contributed by atoms with E-state index in [1.165, 1.54) is 37.9 Å². The molecule has 1 aliphatic rings. The van der Waals surface area contributed by atoms with Gasteiger partial charge in [-0.25, -0.2) is 0 Å². The van der Waals surface area contributed by atoms with E-state index in [1.807, 2.05) is 75.4 Å². The molecule has 0 radical (unpaired) electrons. The minimum atomic E-state index is -0.835. The van der Waals surface area contributed by atoms with Crippen LogP contribution in [0.1, 0.15) is 69.6 Å². The predicted molar refractivity (Wildman–Crippen MR) is 173 cm³/mol. The Morgan fingerprint density at radius 1 is 0.791 bits per heavy atom. The molecule has 0 bridgehead atoms. The SMILES string of the molecule is CC(C)(C)C(=O)Oc1ccc(/C(=C(\CCC(=O)O)c2ccccc2)c2ccc3c(ccn3CCN3CCCCC3)c2)cc1. The average molecular weight is 579 g/mol. The summed E-state index contributed by atoms with van der Waals surface area (Å²) < 4.78 is 7.96. The van der Waals surface area contributed by atoms with Gasteiger partial charge in [0.2, 0.25) is 0 Å². The molecule has 1 saturated heterocycles. The molecule has 0 unspecified atom stereocenters. The van der Waals surface area contributed by atoms with Gasteiger partial charge in [0.1, 0.15) is 5.75 Å². The van der Waals surface area contributed by atoms with E-state index in [9.17, 15) is 14.7 Å². The molecule has 1 aromatic heterocycles. The molecule has 4 aromatic rings. The van der Waals surface area contributed by atoms with E-state index in [1.54, 1.807) is 0 Å². The molecule has 0 aliphatic carbocycles. The third kappa shape index (κ3) is 7.63. The van der Waals surface area contributed by atoms with E-state index in [-0.39, 0.29) is 12.4 Å². The van der Waals surface area contributed by atoms with Crippen LogP contribution in [0.4, 0.5) is 0 Å². The van der Waals surface area contributed by atoms with Crippen molar-refractivity contribution in [3.05, 3.63) is 102 Å². The predicted octanol–water partition coefficient (Wildman–Crippen LogP) is 7.90. The fraction of sp³-hybridized carbons (Fsp3) is 0.351. The lowest BCUT2D eigenvalue weighted by molar-refractivity contribution is -0.143. The molecule has 0 amide bonds. The van der Waals surface area contributed by atoms with Crippen molar-refractivity contribution < 1.29 is 19.4 Å². The number of likely N-dealkylation sites (tertiary alicyclic amines) is 1. The summed E-state index contributed by atoms with van der Waals surface area (Å²) in [5, 5.41) is 10.8. The highest BCUT2D eigenvalue weighted by molar-refractivity contribution is 6.01. The third-order valence-electron chi connectivity index (χ3n) is 8.14. The number of carbonyl (C=O) groups is 2. The number of piperidine rings is 1. The van der Waals surface area contributed by atoms with Crippen molar-refractivity contribution in [1.29, 1.82) is 0 Å². The summed E-state index contributed by atoms with van der Waals surface area (Å²) in [5.41, 5.74) is 5.46. The van der Waals surface area contributed by atoms with Gasteiger partial charge in [-0.1, -0.05) is 55.0 Å². The molecular weight excluding hydrogens is 536 g/mol. The van der Waals surface area contributed by atoms with Crippen LogP contribution in [0, 0.1) is 5.41 Å². The molecular formula is C37H42N2O4. The molecule has 5 rings (SSSR count). The van der Waals surface area contributed by atoms with Crippen LogP contribution in [0.2, 0.25) is 0 Å². The number of esters is 1. The van der Waals surface area contributed by atoms with E-state index in [2.05, 4.69) is 39.9 Å². The molecule has 43 heavy (non-hydrogen) atoms. The number of carbonyl (C=O) groups excluding carboxylic acids is 1. The highest BCUT2D eigenvalue weighted by Crippen LogP contribution is 2.37. The van der Waals surface area contributed by atoms with Gasteiger partial charge >= 0.3 is 11.9 Å². The molecule has 0 spiro atoms. The minimum Gasteiger partial charge on any atom is -0.481 e. The van der Waals surface area contributed by atoms with Gasteiger partial charge in [0.15, 0.2) is 0 Å². The number of hydrogen-bond acceptors (Lipinski definition) is 4. The highest BCUT2D eigenvalue weighted by atomic mass is 16.5. The van der Waals surface area contributed by atoms with Crippen LogP contribution >= 0.6 is 0 Å². The van der Waals surface area contributed by atoms with Gasteiger partial charge < -0.3 is 19.3 Å². The first-order valence-electron chi connectivity index (χ1n) is 15.3. The van der Waals surface area contributed by atoms with Gasteiger partial charge in [0.05, 0.1) is 5.41 Å². The number of rotatable bonds is 10. The zero-order valence-electron chi connectivity index (χ0n) is 25.5. The molecule has 1 N–H and O–H groups in total. The molecule has 224 valence electrons. The lowest BCUT2D eigenvalue weighted by atomic mass is 9.87. The van der Waals surface area contributed by atoms with Crippen LogP contribution in [-0.4, -0.2) is 46.1 Å². The number of aromatic nitrogens is 1. The van der Waals surface area contributed by atoms with Gasteiger partial charge in [-0.05, 0) is 111 Å². The highest BCUT2D eigenvalue weighted by Gasteiger charge is 2.24. The number of carboxylic acid groups (broad SMARTS) is 1. The van der Waals surface area contributed by atoms with Gasteiger partial charge in [0.25, 0.3) is 0 Å². The standard InChI is InChI=1S/C37H42N2O4/c1-37(2,3)36(42)43-31-15-12-28(13-16-31)35(32(17-19-34(40)41)27-10-6-4-7-11-27)30-14-18-33-29(26-30)20-23-39(33)25-24-38-21-8-5-9-22-38/h4,6-7,10-16,18,20,23,26H,5,8-9,17,19,21-22,24-25H2,1-3H3,(H,40,41)/b35-32-. The van der Waals surface area contributed by atoms with Crippen molar-refractivity contribution in [2.24, 2.45) is 5.41 Å². The Kier molecular flexibility index (Phi) is 9.46. The number of nitrogens with zero attached hydrogens (tertiary/aromatic N) is 2. The van der Waals surface area contributed by atoms with Crippen molar-refractivity contribution in [3.8, 4) is 5.75 Å². The number of carboxylic acids is 1. The van der Waals surface area contributed by atoms with Gasteiger partial charge in [-0.15, -0.1) is 0 Å². The lowest BCUT2D eigenvalue weighted by Gasteiger charge is -2.26. The first-order chi connectivity index (χ1) is 20.7. The third-order valence-corrected chi connectivity index (χ3v) is 8.14. The number of ether oxygens (including phenoxy) is 1. The maximum Gasteiger partial charge on any atom is 0.316 e. The second-order valence-corrected chi connectivity index (χ2v) is 12.5. The second-order valence-electron chi connectivity index (χ2n) is 12.5. The molecule has 2 heterocycles. The number of fused-ring (bicyclic) bond motifs is 1. The van der Waals surface area contributed by atoms with E-state index in [0.29, 0.717) is 12.2 Å². The molecule has 6 heteroatoms. The van der Waals surface area contributed by atoms with Crippen LogP contribution in [0.15, 0.2) is 85.1 Å². The summed E-state index contributed by atoms with van der Waals surface area (Å²) in [7, 11) is 0.